The van der Waals surface area contributed by atoms with E-state index in [2.05, 4.69) is 41.9 Å². The van der Waals surface area contributed by atoms with Crippen LogP contribution in [0.1, 0.15) is 51.9 Å². The number of rotatable bonds is 7. The maximum Gasteiger partial charge on any atom is 0.282 e. The van der Waals surface area contributed by atoms with E-state index in [1.54, 1.807) is 18.3 Å². The first-order valence-electron chi connectivity index (χ1n) is 10.2. The first kappa shape index (κ1) is 24.7. The van der Waals surface area contributed by atoms with E-state index < -0.39 is 0 Å². The highest BCUT2D eigenvalue weighted by Gasteiger charge is 2.19. The second-order valence-corrected chi connectivity index (χ2v) is 9.75. The van der Waals surface area contributed by atoms with E-state index >= 15 is 0 Å². The van der Waals surface area contributed by atoms with Gasteiger partial charge in [0.05, 0.1) is 29.8 Å². The van der Waals surface area contributed by atoms with Crippen molar-refractivity contribution in [3.63, 3.8) is 0 Å². The average molecular weight is 586 g/mol. The molecule has 32 heavy (non-hydrogen) atoms. The van der Waals surface area contributed by atoms with Gasteiger partial charge in [-0.1, -0.05) is 41.4 Å². The number of hydrogen-bond acceptors (Lipinski definition) is 5. The number of ether oxygens (including phenoxy) is 2. The van der Waals surface area contributed by atoms with E-state index in [1.165, 1.54) is 4.68 Å². The highest BCUT2D eigenvalue weighted by Crippen LogP contribution is 2.42. The Bertz CT molecular complexity index is 1240. The molecule has 0 unspecified atom stereocenters. The molecule has 9 heteroatoms. The van der Waals surface area contributed by atoms with Crippen LogP contribution >= 0.6 is 43.5 Å². The fourth-order valence-electron chi connectivity index (χ4n) is 3.08. The number of benzene rings is 2. The Balaban J connectivity index is 2.17. The summed E-state index contributed by atoms with van der Waals surface area (Å²) >= 11 is 13.5. The molecule has 0 spiro atoms. The van der Waals surface area contributed by atoms with Crippen molar-refractivity contribution < 1.29 is 9.47 Å². The third-order valence-corrected chi connectivity index (χ3v) is 6.41. The van der Waals surface area contributed by atoms with Crippen molar-refractivity contribution in [2.75, 3.05) is 6.61 Å². The molecule has 1 aromatic heterocycles. The van der Waals surface area contributed by atoms with Crippen LogP contribution in [-0.4, -0.2) is 28.6 Å². The summed E-state index contributed by atoms with van der Waals surface area (Å²) in [7, 11) is 0. The van der Waals surface area contributed by atoms with Crippen LogP contribution < -0.4 is 15.0 Å². The van der Waals surface area contributed by atoms with Gasteiger partial charge in [-0.2, -0.15) is 9.78 Å². The first-order valence-corrected chi connectivity index (χ1v) is 12.2. The van der Waals surface area contributed by atoms with Crippen LogP contribution in [-0.2, 0) is 0 Å². The molecule has 0 N–H and O–H groups in total. The smallest absolute Gasteiger partial charge is 0.282 e. The highest BCUT2D eigenvalue weighted by atomic mass is 79.9. The van der Waals surface area contributed by atoms with Gasteiger partial charge in [-0.25, -0.2) is 4.98 Å². The van der Waals surface area contributed by atoms with Gasteiger partial charge in [0.15, 0.2) is 11.5 Å². The summed E-state index contributed by atoms with van der Waals surface area (Å²) in [6.07, 6.45) is 1.49. The first-order chi connectivity index (χ1) is 15.1. The molecule has 0 saturated carbocycles. The van der Waals surface area contributed by atoms with Crippen LogP contribution in [0.3, 0.4) is 0 Å². The van der Waals surface area contributed by atoms with Crippen molar-refractivity contribution in [2.24, 2.45) is 5.10 Å². The van der Waals surface area contributed by atoms with Crippen molar-refractivity contribution in [1.29, 1.82) is 0 Å². The van der Waals surface area contributed by atoms with E-state index in [1.807, 2.05) is 46.8 Å². The number of hydrogen-bond donors (Lipinski definition) is 0. The lowest BCUT2D eigenvalue weighted by Crippen LogP contribution is -2.23. The number of nitrogens with zero attached hydrogens (tertiary/aromatic N) is 3. The van der Waals surface area contributed by atoms with E-state index in [9.17, 15) is 4.79 Å². The number of aromatic nitrogens is 2. The minimum Gasteiger partial charge on any atom is -0.490 e. The molecule has 3 rings (SSSR count). The van der Waals surface area contributed by atoms with Gasteiger partial charge in [-0.05, 0) is 61.0 Å². The zero-order valence-electron chi connectivity index (χ0n) is 18.4. The van der Waals surface area contributed by atoms with E-state index in [0.717, 1.165) is 4.47 Å². The summed E-state index contributed by atoms with van der Waals surface area (Å²) in [5.74, 6) is 1.52. The van der Waals surface area contributed by atoms with Gasteiger partial charge < -0.3 is 9.47 Å². The Kier molecular flexibility index (Phi) is 8.01. The summed E-state index contributed by atoms with van der Waals surface area (Å²) < 4.78 is 14.3. The molecule has 0 aliphatic rings. The van der Waals surface area contributed by atoms with Crippen molar-refractivity contribution in [3.05, 3.63) is 60.0 Å². The summed E-state index contributed by atoms with van der Waals surface area (Å²) in [5.41, 5.74) is 1.03. The van der Waals surface area contributed by atoms with Crippen LogP contribution in [0.25, 0.3) is 10.9 Å². The Labute approximate surface area is 208 Å². The Morgan fingerprint density at radius 1 is 1.22 bits per heavy atom. The SMILES string of the molecule is CCOc1cc(C=Nn2c(C(C)C)nc3ccc(Br)cc3c2=O)c(Br)c(Cl)c1OC(C)C. The van der Waals surface area contributed by atoms with Gasteiger partial charge in [-0.15, -0.1) is 0 Å². The Morgan fingerprint density at radius 3 is 2.56 bits per heavy atom. The number of halogens is 3. The standard InChI is InChI=1S/C23H24Br2ClN3O3/c1-6-31-18-9-14(19(25)20(26)21(18)32-13(4)5)11-27-29-22(12(2)3)28-17-8-7-15(24)10-16(17)23(29)30/h7-13H,6H2,1-5H3. The van der Waals surface area contributed by atoms with E-state index in [0.29, 0.717) is 49.9 Å². The van der Waals surface area contributed by atoms with Crippen molar-refractivity contribution in [3.8, 4) is 11.5 Å². The molecule has 0 bridgehead atoms. The van der Waals surface area contributed by atoms with Crippen LogP contribution in [0.5, 0.6) is 11.5 Å². The van der Waals surface area contributed by atoms with Crippen molar-refractivity contribution >= 4 is 60.6 Å². The van der Waals surface area contributed by atoms with Crippen LogP contribution in [0.2, 0.25) is 5.02 Å². The van der Waals surface area contributed by atoms with E-state index in [-0.39, 0.29) is 17.6 Å². The predicted molar refractivity (Wildman–Crippen MR) is 137 cm³/mol. The summed E-state index contributed by atoms with van der Waals surface area (Å²) in [4.78, 5) is 17.9. The Hall–Kier alpha value is -1.90. The zero-order chi connectivity index (χ0) is 23.6. The maximum atomic E-state index is 13.2. The summed E-state index contributed by atoms with van der Waals surface area (Å²) in [5, 5.41) is 5.35. The fourth-order valence-corrected chi connectivity index (χ4v) is 4.08. The molecule has 0 aliphatic heterocycles. The molecule has 3 aromatic rings. The van der Waals surface area contributed by atoms with Crippen LogP contribution in [0, 0.1) is 0 Å². The topological polar surface area (TPSA) is 65.7 Å². The lowest BCUT2D eigenvalue weighted by molar-refractivity contribution is 0.224. The second kappa shape index (κ2) is 10.4. The molecular formula is C23H24Br2ClN3O3. The molecule has 0 aliphatic carbocycles. The molecule has 6 nitrogen and oxygen atoms in total. The predicted octanol–water partition coefficient (Wildman–Crippen LogP) is 6.77. The summed E-state index contributed by atoms with van der Waals surface area (Å²) in [6.45, 7) is 10.1. The van der Waals surface area contributed by atoms with Crippen LogP contribution in [0.15, 0.2) is 43.1 Å². The second-order valence-electron chi connectivity index (χ2n) is 7.67. The largest absolute Gasteiger partial charge is 0.490 e. The molecule has 0 atom stereocenters. The summed E-state index contributed by atoms with van der Waals surface area (Å²) in [6, 6.07) is 7.21. The minimum atomic E-state index is -0.247. The quantitative estimate of drug-likeness (QED) is 0.287. The Morgan fingerprint density at radius 2 is 1.94 bits per heavy atom. The molecule has 2 aromatic carbocycles. The zero-order valence-corrected chi connectivity index (χ0v) is 22.4. The molecule has 0 saturated heterocycles. The van der Waals surface area contributed by atoms with Gasteiger partial charge in [0.25, 0.3) is 5.56 Å². The van der Waals surface area contributed by atoms with Gasteiger partial charge in [-0.3, -0.25) is 4.79 Å². The van der Waals surface area contributed by atoms with Gasteiger partial charge in [0.2, 0.25) is 0 Å². The molecule has 0 fully saturated rings. The van der Waals surface area contributed by atoms with Gasteiger partial charge in [0, 0.05) is 20.4 Å². The lowest BCUT2D eigenvalue weighted by Gasteiger charge is -2.18. The third-order valence-electron chi connectivity index (χ3n) is 4.47. The molecule has 0 radical (unpaired) electrons. The van der Waals surface area contributed by atoms with Crippen molar-refractivity contribution in [2.45, 2.75) is 46.6 Å². The number of fused-ring (bicyclic) bond motifs is 1. The van der Waals surface area contributed by atoms with Gasteiger partial charge in [0.1, 0.15) is 10.8 Å². The minimum absolute atomic E-state index is 0.0132. The third kappa shape index (κ3) is 5.18. The monoisotopic (exact) mass is 583 g/mol. The molecule has 0 amide bonds. The highest BCUT2D eigenvalue weighted by molar-refractivity contribution is 9.10. The van der Waals surface area contributed by atoms with Gasteiger partial charge >= 0.3 is 0 Å². The lowest BCUT2D eigenvalue weighted by atomic mass is 10.2. The maximum absolute atomic E-state index is 13.2. The molecular weight excluding hydrogens is 562 g/mol. The van der Waals surface area contributed by atoms with E-state index in [4.69, 9.17) is 21.1 Å². The van der Waals surface area contributed by atoms with Crippen molar-refractivity contribution in [1.82, 2.24) is 9.66 Å². The molecule has 1 heterocycles. The fraction of sp³-hybridized carbons (Fsp3) is 0.348. The normalized spacial score (nSPS) is 11.8. The average Bonchev–Trinajstić information content (AvgIpc) is 2.73. The molecule has 170 valence electrons. The van der Waals surface area contributed by atoms with Crippen LogP contribution in [0.4, 0.5) is 0 Å².